The van der Waals surface area contributed by atoms with Crippen molar-refractivity contribution in [1.82, 2.24) is 0 Å². The molecule has 0 aromatic heterocycles. The van der Waals surface area contributed by atoms with Crippen molar-refractivity contribution in [2.75, 3.05) is 6.61 Å². The lowest BCUT2D eigenvalue weighted by atomic mass is 10.1. The summed E-state index contributed by atoms with van der Waals surface area (Å²) in [5.74, 6) is -0.442. The fourth-order valence-electron chi connectivity index (χ4n) is 0.861. The molecule has 0 aliphatic rings. The Bertz CT molecular complexity index is 173. The van der Waals surface area contributed by atoms with Crippen LogP contribution in [0.15, 0.2) is 11.1 Å². The lowest BCUT2D eigenvalue weighted by molar-refractivity contribution is -0.114. The maximum atomic E-state index is 10.6. The van der Waals surface area contributed by atoms with Crippen LogP contribution in [-0.4, -0.2) is 17.6 Å². The van der Waals surface area contributed by atoms with Crippen molar-refractivity contribution in [3.63, 3.8) is 0 Å². The fraction of sp³-hybridized carbons (Fsp3) is 0.625. The molecule has 0 aromatic rings. The Balaban J connectivity index is 4.39. The molecule has 0 saturated carbocycles. The number of carbonyl (C=O) groups is 1. The maximum absolute atomic E-state index is 10.6. The largest absolute Gasteiger partial charge is 0.392 e. The summed E-state index contributed by atoms with van der Waals surface area (Å²) >= 11 is 0. The van der Waals surface area contributed by atoms with Crippen LogP contribution in [0.3, 0.4) is 0 Å². The third-order valence-electron chi connectivity index (χ3n) is 1.64. The minimum atomic E-state index is -0.442. The van der Waals surface area contributed by atoms with Crippen LogP contribution in [0.25, 0.3) is 0 Å². The first kappa shape index (κ1) is 10.2. The number of hydrogen-bond acceptors (Lipinski definition) is 2. The number of carbonyl (C=O) groups excluding carboxylic acids is 1. The summed E-state index contributed by atoms with van der Waals surface area (Å²) in [6.07, 6.45) is 1.66. The van der Waals surface area contributed by atoms with E-state index in [-0.39, 0.29) is 6.61 Å². The van der Waals surface area contributed by atoms with Crippen LogP contribution < -0.4 is 5.73 Å². The van der Waals surface area contributed by atoms with Gasteiger partial charge in [-0.3, -0.25) is 4.79 Å². The molecule has 0 bridgehead atoms. The summed E-state index contributed by atoms with van der Waals surface area (Å²) in [4.78, 5) is 10.6. The zero-order valence-corrected chi connectivity index (χ0v) is 7.05. The Labute approximate surface area is 66.9 Å². The molecule has 3 N–H and O–H groups in total. The van der Waals surface area contributed by atoms with Crippen molar-refractivity contribution in [2.45, 2.75) is 26.7 Å². The number of nitrogens with two attached hydrogens (primary N) is 1. The van der Waals surface area contributed by atoms with Gasteiger partial charge in [0.1, 0.15) is 0 Å². The predicted octanol–water partition coefficient (Wildman–Crippen LogP) is 0.581. The molecule has 3 nitrogen and oxygen atoms in total. The van der Waals surface area contributed by atoms with E-state index in [0.29, 0.717) is 5.57 Å². The third kappa shape index (κ3) is 3.18. The fourth-order valence-corrected chi connectivity index (χ4v) is 0.861. The first-order valence-electron chi connectivity index (χ1n) is 3.72. The van der Waals surface area contributed by atoms with E-state index >= 15 is 0 Å². The second-order valence-electron chi connectivity index (χ2n) is 2.50. The molecular weight excluding hydrogens is 142 g/mol. The third-order valence-corrected chi connectivity index (χ3v) is 1.64. The second-order valence-corrected chi connectivity index (χ2v) is 2.50. The molecule has 0 spiro atoms. The van der Waals surface area contributed by atoms with Gasteiger partial charge in [-0.15, -0.1) is 0 Å². The Morgan fingerprint density at radius 3 is 2.36 bits per heavy atom. The molecule has 1 amide bonds. The first-order chi connectivity index (χ1) is 5.13. The number of rotatable bonds is 4. The van der Waals surface area contributed by atoms with E-state index in [1.807, 2.05) is 6.92 Å². The van der Waals surface area contributed by atoms with Crippen molar-refractivity contribution in [3.05, 3.63) is 11.1 Å². The molecule has 0 fully saturated rings. The average Bonchev–Trinajstić information content (AvgIpc) is 1.98. The van der Waals surface area contributed by atoms with Crippen molar-refractivity contribution < 1.29 is 9.90 Å². The number of primary amides is 1. The van der Waals surface area contributed by atoms with Crippen LogP contribution in [-0.2, 0) is 4.79 Å². The monoisotopic (exact) mass is 157 g/mol. The van der Waals surface area contributed by atoms with Gasteiger partial charge in [0.2, 0.25) is 5.91 Å². The summed E-state index contributed by atoms with van der Waals surface area (Å²) in [6, 6.07) is 0. The second kappa shape index (κ2) is 4.91. The van der Waals surface area contributed by atoms with Crippen LogP contribution in [0, 0.1) is 0 Å². The molecule has 0 rings (SSSR count). The predicted molar refractivity (Wildman–Crippen MR) is 43.9 cm³/mol. The maximum Gasteiger partial charge on any atom is 0.244 e. The summed E-state index contributed by atoms with van der Waals surface area (Å²) in [6.45, 7) is 3.57. The minimum absolute atomic E-state index is 0.0669. The van der Waals surface area contributed by atoms with E-state index in [4.69, 9.17) is 10.8 Å². The SMILES string of the molecule is CCCC(CO)=C(C)C(N)=O. The van der Waals surface area contributed by atoms with Crippen molar-refractivity contribution >= 4 is 5.91 Å². The zero-order chi connectivity index (χ0) is 8.85. The summed E-state index contributed by atoms with van der Waals surface area (Å²) < 4.78 is 0. The van der Waals surface area contributed by atoms with Gasteiger partial charge in [-0.2, -0.15) is 0 Å². The number of hydrogen-bond donors (Lipinski definition) is 2. The van der Waals surface area contributed by atoms with Gasteiger partial charge in [-0.05, 0) is 18.9 Å². The standard InChI is InChI=1S/C8H15NO2/c1-3-4-7(5-10)6(2)8(9)11/h10H,3-5H2,1-2H3,(H2,9,11). The van der Waals surface area contributed by atoms with E-state index in [0.717, 1.165) is 18.4 Å². The lowest BCUT2D eigenvalue weighted by Crippen LogP contribution is -2.14. The van der Waals surface area contributed by atoms with Crippen LogP contribution in [0.5, 0.6) is 0 Å². The summed E-state index contributed by atoms with van der Waals surface area (Å²) in [5.41, 5.74) is 6.28. The summed E-state index contributed by atoms with van der Waals surface area (Å²) in [5, 5.41) is 8.81. The highest BCUT2D eigenvalue weighted by Crippen LogP contribution is 2.09. The Kier molecular flexibility index (Phi) is 4.54. The summed E-state index contributed by atoms with van der Waals surface area (Å²) in [7, 11) is 0. The molecular formula is C8H15NO2. The van der Waals surface area contributed by atoms with Crippen molar-refractivity contribution in [1.29, 1.82) is 0 Å². The van der Waals surface area contributed by atoms with Crippen molar-refractivity contribution in [2.24, 2.45) is 5.73 Å². The van der Waals surface area contributed by atoms with E-state index in [9.17, 15) is 4.79 Å². The highest BCUT2D eigenvalue weighted by molar-refractivity contribution is 5.92. The molecule has 0 atom stereocenters. The lowest BCUT2D eigenvalue weighted by Gasteiger charge is -2.04. The molecule has 0 saturated heterocycles. The Hall–Kier alpha value is -0.830. The number of aliphatic hydroxyl groups excluding tert-OH is 1. The van der Waals surface area contributed by atoms with Gasteiger partial charge in [0.25, 0.3) is 0 Å². The molecule has 0 aliphatic heterocycles. The van der Waals surface area contributed by atoms with E-state index in [1.54, 1.807) is 6.92 Å². The van der Waals surface area contributed by atoms with Crippen LogP contribution >= 0.6 is 0 Å². The van der Waals surface area contributed by atoms with E-state index in [2.05, 4.69) is 0 Å². The van der Waals surface area contributed by atoms with Crippen LogP contribution in [0.1, 0.15) is 26.7 Å². The van der Waals surface area contributed by atoms with Gasteiger partial charge in [0, 0.05) is 5.57 Å². The van der Waals surface area contributed by atoms with E-state index in [1.165, 1.54) is 0 Å². The van der Waals surface area contributed by atoms with Gasteiger partial charge in [-0.1, -0.05) is 13.3 Å². The van der Waals surface area contributed by atoms with Gasteiger partial charge in [0.15, 0.2) is 0 Å². The molecule has 0 aromatic carbocycles. The zero-order valence-electron chi connectivity index (χ0n) is 7.05. The van der Waals surface area contributed by atoms with Gasteiger partial charge < -0.3 is 10.8 Å². The minimum Gasteiger partial charge on any atom is -0.392 e. The molecule has 11 heavy (non-hydrogen) atoms. The highest BCUT2D eigenvalue weighted by atomic mass is 16.3. The van der Waals surface area contributed by atoms with Crippen molar-refractivity contribution in [3.8, 4) is 0 Å². The molecule has 3 heteroatoms. The molecule has 64 valence electrons. The van der Waals surface area contributed by atoms with Gasteiger partial charge >= 0.3 is 0 Å². The molecule has 0 aliphatic carbocycles. The van der Waals surface area contributed by atoms with Gasteiger partial charge in [0.05, 0.1) is 6.61 Å². The number of aliphatic hydroxyl groups is 1. The number of amides is 1. The molecule has 0 heterocycles. The molecule has 0 radical (unpaired) electrons. The smallest absolute Gasteiger partial charge is 0.244 e. The average molecular weight is 157 g/mol. The topological polar surface area (TPSA) is 63.3 Å². The normalized spacial score (nSPS) is 12.6. The van der Waals surface area contributed by atoms with Crippen LogP contribution in [0.4, 0.5) is 0 Å². The quantitative estimate of drug-likeness (QED) is 0.586. The Morgan fingerprint density at radius 2 is 2.09 bits per heavy atom. The first-order valence-corrected chi connectivity index (χ1v) is 3.72. The highest BCUT2D eigenvalue weighted by Gasteiger charge is 2.04. The Morgan fingerprint density at radius 1 is 1.55 bits per heavy atom. The van der Waals surface area contributed by atoms with Crippen LogP contribution in [0.2, 0.25) is 0 Å². The molecule has 0 unspecified atom stereocenters. The van der Waals surface area contributed by atoms with E-state index < -0.39 is 5.91 Å². The van der Waals surface area contributed by atoms with Gasteiger partial charge in [-0.25, -0.2) is 0 Å².